The van der Waals surface area contributed by atoms with Gasteiger partial charge in [-0.2, -0.15) is 0 Å². The number of halogens is 1. The average Bonchev–Trinajstić information content (AvgIpc) is 2.33. The number of nitrogens with zero attached hydrogens (tertiary/aromatic N) is 2. The minimum Gasteiger partial charge on any atom is -0.477 e. The molecule has 1 saturated heterocycles. The van der Waals surface area contributed by atoms with Gasteiger partial charge in [0, 0.05) is 6.07 Å². The monoisotopic (exact) mass is 241 g/mol. The van der Waals surface area contributed by atoms with Crippen LogP contribution in [0.2, 0.25) is 5.15 Å². The van der Waals surface area contributed by atoms with Crippen LogP contribution in [0.5, 0.6) is 5.88 Å². The molecule has 1 N–H and O–H groups in total. The van der Waals surface area contributed by atoms with Gasteiger partial charge >= 0.3 is 0 Å². The zero-order chi connectivity index (χ0) is 11.2. The lowest BCUT2D eigenvalue weighted by Gasteiger charge is -2.22. The van der Waals surface area contributed by atoms with Gasteiger partial charge in [0.1, 0.15) is 0 Å². The van der Waals surface area contributed by atoms with Crippen molar-refractivity contribution in [1.82, 2.24) is 15.5 Å². The minimum atomic E-state index is 0.394. The Bertz CT molecular complexity index is 312. The van der Waals surface area contributed by atoms with Crippen LogP contribution in [0.25, 0.3) is 0 Å². The first-order valence-electron chi connectivity index (χ1n) is 5.67. The Hall–Kier alpha value is -0.870. The molecule has 0 saturated carbocycles. The summed E-state index contributed by atoms with van der Waals surface area (Å²) in [5.41, 5.74) is 0. The van der Waals surface area contributed by atoms with Crippen molar-refractivity contribution in [3.05, 3.63) is 17.3 Å². The topological polar surface area (TPSA) is 47.0 Å². The number of hydrogen-bond acceptors (Lipinski definition) is 4. The molecule has 88 valence electrons. The van der Waals surface area contributed by atoms with E-state index in [2.05, 4.69) is 15.5 Å². The highest BCUT2D eigenvalue weighted by Crippen LogP contribution is 2.16. The highest BCUT2D eigenvalue weighted by Gasteiger charge is 2.12. The van der Waals surface area contributed by atoms with Crippen LogP contribution in [0, 0.1) is 5.92 Å². The lowest BCUT2D eigenvalue weighted by Crippen LogP contribution is -2.28. The largest absolute Gasteiger partial charge is 0.477 e. The van der Waals surface area contributed by atoms with E-state index in [-0.39, 0.29) is 0 Å². The Labute approximate surface area is 100 Å². The Kier molecular flexibility index (Phi) is 4.36. The van der Waals surface area contributed by atoms with Gasteiger partial charge < -0.3 is 10.1 Å². The van der Waals surface area contributed by atoms with Gasteiger partial charge in [-0.05, 0) is 44.3 Å². The van der Waals surface area contributed by atoms with Gasteiger partial charge in [0.15, 0.2) is 5.15 Å². The van der Waals surface area contributed by atoms with Crippen molar-refractivity contribution in [3.63, 3.8) is 0 Å². The van der Waals surface area contributed by atoms with Crippen LogP contribution in [-0.2, 0) is 0 Å². The number of ether oxygens (including phenoxy) is 1. The van der Waals surface area contributed by atoms with E-state index in [4.69, 9.17) is 16.3 Å². The van der Waals surface area contributed by atoms with E-state index in [1.54, 1.807) is 12.1 Å². The predicted octanol–water partition coefficient (Wildman–Crippen LogP) is 1.90. The maximum atomic E-state index is 5.63. The van der Waals surface area contributed by atoms with Crippen LogP contribution in [0.3, 0.4) is 0 Å². The summed E-state index contributed by atoms with van der Waals surface area (Å²) in [6.45, 7) is 2.97. The minimum absolute atomic E-state index is 0.394. The number of rotatable bonds is 4. The fourth-order valence-electron chi connectivity index (χ4n) is 1.88. The molecule has 2 heterocycles. The molecule has 0 bridgehead atoms. The van der Waals surface area contributed by atoms with Gasteiger partial charge in [-0.25, -0.2) is 0 Å². The number of nitrogens with one attached hydrogen (secondary N) is 1. The molecular weight excluding hydrogens is 226 g/mol. The highest BCUT2D eigenvalue weighted by molar-refractivity contribution is 6.29. The maximum absolute atomic E-state index is 5.63. The van der Waals surface area contributed by atoms with E-state index >= 15 is 0 Å². The molecule has 1 aliphatic rings. The van der Waals surface area contributed by atoms with Crippen LogP contribution >= 0.6 is 11.6 Å². The molecule has 0 unspecified atom stereocenters. The standard InChI is InChI=1S/C11H16ClN3O/c12-10-1-2-11(15-14-10)16-8-5-9-3-6-13-7-4-9/h1-2,9,13H,3-8H2. The van der Waals surface area contributed by atoms with Crippen molar-refractivity contribution in [1.29, 1.82) is 0 Å². The predicted molar refractivity (Wildman–Crippen MR) is 62.7 cm³/mol. The van der Waals surface area contributed by atoms with Gasteiger partial charge in [0.25, 0.3) is 0 Å². The van der Waals surface area contributed by atoms with Gasteiger partial charge in [-0.1, -0.05) is 11.6 Å². The lowest BCUT2D eigenvalue weighted by atomic mass is 9.95. The Morgan fingerprint density at radius 3 is 2.81 bits per heavy atom. The Morgan fingerprint density at radius 2 is 2.12 bits per heavy atom. The number of piperidine rings is 1. The van der Waals surface area contributed by atoms with Gasteiger partial charge in [-0.15, -0.1) is 10.2 Å². The van der Waals surface area contributed by atoms with E-state index in [1.807, 2.05) is 0 Å². The molecular formula is C11H16ClN3O. The average molecular weight is 242 g/mol. The summed E-state index contributed by atoms with van der Waals surface area (Å²) in [5.74, 6) is 1.33. The summed E-state index contributed by atoms with van der Waals surface area (Å²) >= 11 is 5.63. The molecule has 4 nitrogen and oxygen atoms in total. The van der Waals surface area contributed by atoms with E-state index in [0.717, 1.165) is 25.4 Å². The molecule has 5 heteroatoms. The molecule has 1 aliphatic heterocycles. The molecule has 0 aliphatic carbocycles. The molecule has 0 spiro atoms. The van der Waals surface area contributed by atoms with E-state index in [1.165, 1.54) is 12.8 Å². The van der Waals surface area contributed by atoms with Gasteiger partial charge in [-0.3, -0.25) is 0 Å². The molecule has 1 aromatic rings. The zero-order valence-corrected chi connectivity index (χ0v) is 9.91. The van der Waals surface area contributed by atoms with Crippen molar-refractivity contribution in [2.45, 2.75) is 19.3 Å². The summed E-state index contributed by atoms with van der Waals surface area (Å²) in [7, 11) is 0. The molecule has 0 aromatic carbocycles. The smallest absolute Gasteiger partial charge is 0.233 e. The van der Waals surface area contributed by atoms with Crippen molar-refractivity contribution >= 4 is 11.6 Å². The summed E-state index contributed by atoms with van der Waals surface area (Å²) in [6, 6.07) is 3.44. The van der Waals surface area contributed by atoms with Gasteiger partial charge in [0.05, 0.1) is 6.61 Å². The summed E-state index contributed by atoms with van der Waals surface area (Å²) in [5, 5.41) is 11.3. The quantitative estimate of drug-likeness (QED) is 0.875. The van der Waals surface area contributed by atoms with Crippen molar-refractivity contribution in [2.24, 2.45) is 5.92 Å². The first-order valence-corrected chi connectivity index (χ1v) is 6.05. The first-order chi connectivity index (χ1) is 7.84. The molecule has 2 rings (SSSR count). The zero-order valence-electron chi connectivity index (χ0n) is 9.16. The third-order valence-electron chi connectivity index (χ3n) is 2.84. The Balaban J connectivity index is 1.69. The number of hydrogen-bond donors (Lipinski definition) is 1. The van der Waals surface area contributed by atoms with Crippen LogP contribution < -0.4 is 10.1 Å². The van der Waals surface area contributed by atoms with Crippen molar-refractivity contribution in [3.8, 4) is 5.88 Å². The third kappa shape index (κ3) is 3.61. The molecule has 0 atom stereocenters. The lowest BCUT2D eigenvalue weighted by molar-refractivity contribution is 0.243. The van der Waals surface area contributed by atoms with Gasteiger partial charge in [0.2, 0.25) is 5.88 Å². The second kappa shape index (κ2) is 6.01. The van der Waals surface area contributed by atoms with Crippen LogP contribution in [-0.4, -0.2) is 29.9 Å². The SMILES string of the molecule is Clc1ccc(OCCC2CCNCC2)nn1. The second-order valence-corrected chi connectivity index (χ2v) is 4.41. The van der Waals surface area contributed by atoms with E-state index in [0.29, 0.717) is 17.6 Å². The first kappa shape index (κ1) is 11.6. The molecule has 0 amide bonds. The normalized spacial score (nSPS) is 17.3. The molecule has 16 heavy (non-hydrogen) atoms. The summed E-state index contributed by atoms with van der Waals surface area (Å²) < 4.78 is 5.51. The number of aromatic nitrogens is 2. The van der Waals surface area contributed by atoms with Crippen LogP contribution in [0.15, 0.2) is 12.1 Å². The third-order valence-corrected chi connectivity index (χ3v) is 3.04. The van der Waals surface area contributed by atoms with Crippen molar-refractivity contribution < 1.29 is 4.74 Å². The second-order valence-electron chi connectivity index (χ2n) is 4.02. The molecule has 1 fully saturated rings. The molecule has 1 aromatic heterocycles. The molecule has 0 radical (unpaired) electrons. The van der Waals surface area contributed by atoms with Crippen LogP contribution in [0.4, 0.5) is 0 Å². The fraction of sp³-hybridized carbons (Fsp3) is 0.636. The van der Waals surface area contributed by atoms with E-state index < -0.39 is 0 Å². The summed E-state index contributed by atoms with van der Waals surface area (Å²) in [4.78, 5) is 0. The fourth-order valence-corrected chi connectivity index (χ4v) is 1.98. The summed E-state index contributed by atoms with van der Waals surface area (Å²) in [6.07, 6.45) is 3.58. The van der Waals surface area contributed by atoms with Crippen molar-refractivity contribution in [2.75, 3.05) is 19.7 Å². The van der Waals surface area contributed by atoms with Crippen LogP contribution in [0.1, 0.15) is 19.3 Å². The van der Waals surface area contributed by atoms with E-state index in [9.17, 15) is 0 Å². The Morgan fingerprint density at radius 1 is 1.31 bits per heavy atom. The highest BCUT2D eigenvalue weighted by atomic mass is 35.5. The maximum Gasteiger partial charge on any atom is 0.233 e.